The number of likely N-dealkylation sites (tertiary alicyclic amines) is 1. The Hall–Kier alpha value is -4.00. The molecule has 7 nitrogen and oxygen atoms in total. The van der Waals surface area contributed by atoms with Gasteiger partial charge >= 0.3 is 0 Å². The van der Waals surface area contributed by atoms with Gasteiger partial charge in [0, 0.05) is 30.8 Å². The van der Waals surface area contributed by atoms with Gasteiger partial charge in [0.05, 0.1) is 12.5 Å². The SMILES string of the molecule is Cc1ccnc(NC(=O)C2CCN(C(=O)CC(NC(=O)c3ccccc3)c3ccccc3)CC2)c1. The van der Waals surface area contributed by atoms with E-state index in [1.165, 1.54) is 0 Å². The van der Waals surface area contributed by atoms with Crippen molar-refractivity contribution in [1.82, 2.24) is 15.2 Å². The number of anilines is 1. The largest absolute Gasteiger partial charge is 0.345 e. The fourth-order valence-corrected chi connectivity index (χ4v) is 4.30. The van der Waals surface area contributed by atoms with Crippen LogP contribution in [0.3, 0.4) is 0 Å². The molecule has 1 saturated heterocycles. The predicted octanol–water partition coefficient (Wildman–Crippen LogP) is 4.13. The number of aryl methyl sites for hydroxylation is 1. The number of nitrogens with zero attached hydrogens (tertiary/aromatic N) is 2. The highest BCUT2D eigenvalue weighted by molar-refractivity contribution is 5.95. The van der Waals surface area contributed by atoms with E-state index in [0.717, 1.165) is 11.1 Å². The summed E-state index contributed by atoms with van der Waals surface area (Å²) in [4.78, 5) is 44.6. The van der Waals surface area contributed by atoms with Gasteiger partial charge in [-0.1, -0.05) is 48.5 Å². The summed E-state index contributed by atoms with van der Waals surface area (Å²) in [6.07, 6.45) is 3.02. The summed E-state index contributed by atoms with van der Waals surface area (Å²) in [7, 11) is 0. The molecule has 1 unspecified atom stereocenters. The van der Waals surface area contributed by atoms with Crippen LogP contribution in [0.15, 0.2) is 79.0 Å². The van der Waals surface area contributed by atoms with Crippen LogP contribution in [0.25, 0.3) is 0 Å². The number of hydrogen-bond donors (Lipinski definition) is 2. The molecule has 0 radical (unpaired) electrons. The molecule has 1 fully saturated rings. The third-order valence-corrected chi connectivity index (χ3v) is 6.31. The summed E-state index contributed by atoms with van der Waals surface area (Å²) in [6, 6.07) is 21.8. The summed E-state index contributed by atoms with van der Waals surface area (Å²) in [5.74, 6) is 0.0729. The topological polar surface area (TPSA) is 91.4 Å². The molecule has 1 aliphatic rings. The lowest BCUT2D eigenvalue weighted by Gasteiger charge is -2.32. The van der Waals surface area contributed by atoms with Gasteiger partial charge in [0.25, 0.3) is 5.91 Å². The number of rotatable bonds is 7. The van der Waals surface area contributed by atoms with Crippen molar-refractivity contribution in [1.29, 1.82) is 0 Å². The molecule has 7 heteroatoms. The van der Waals surface area contributed by atoms with Crippen molar-refractivity contribution in [3.8, 4) is 0 Å². The van der Waals surface area contributed by atoms with E-state index in [2.05, 4.69) is 15.6 Å². The number of piperidine rings is 1. The molecule has 1 atom stereocenters. The van der Waals surface area contributed by atoms with Crippen molar-refractivity contribution in [2.75, 3.05) is 18.4 Å². The van der Waals surface area contributed by atoms with Crippen LogP contribution in [-0.4, -0.2) is 40.7 Å². The van der Waals surface area contributed by atoms with Crippen LogP contribution in [0.5, 0.6) is 0 Å². The van der Waals surface area contributed by atoms with E-state index in [1.807, 2.05) is 67.6 Å². The molecule has 0 spiro atoms. The number of nitrogens with one attached hydrogen (secondary N) is 2. The molecule has 0 aliphatic carbocycles. The third kappa shape index (κ3) is 6.53. The minimum atomic E-state index is -0.440. The average molecular weight is 471 g/mol. The third-order valence-electron chi connectivity index (χ3n) is 6.31. The first-order valence-electron chi connectivity index (χ1n) is 11.9. The highest BCUT2D eigenvalue weighted by Crippen LogP contribution is 2.23. The van der Waals surface area contributed by atoms with E-state index in [9.17, 15) is 14.4 Å². The van der Waals surface area contributed by atoms with Gasteiger partial charge in [0.2, 0.25) is 11.8 Å². The van der Waals surface area contributed by atoms with Gasteiger partial charge in [0.1, 0.15) is 5.82 Å². The van der Waals surface area contributed by atoms with Crippen LogP contribution in [0, 0.1) is 12.8 Å². The molecule has 1 aromatic heterocycles. The molecule has 35 heavy (non-hydrogen) atoms. The summed E-state index contributed by atoms with van der Waals surface area (Å²) >= 11 is 0. The van der Waals surface area contributed by atoms with Gasteiger partial charge in [0.15, 0.2) is 0 Å². The Morgan fingerprint density at radius 3 is 2.29 bits per heavy atom. The van der Waals surface area contributed by atoms with Crippen LogP contribution < -0.4 is 10.6 Å². The molecule has 0 saturated carbocycles. The Bertz CT molecular complexity index is 1160. The zero-order chi connectivity index (χ0) is 24.6. The molecule has 3 aromatic rings. The van der Waals surface area contributed by atoms with Crippen molar-refractivity contribution in [3.05, 3.63) is 95.7 Å². The molecule has 2 N–H and O–H groups in total. The van der Waals surface area contributed by atoms with E-state index in [-0.39, 0.29) is 30.1 Å². The minimum Gasteiger partial charge on any atom is -0.345 e. The predicted molar refractivity (Wildman–Crippen MR) is 135 cm³/mol. The van der Waals surface area contributed by atoms with Crippen LogP contribution in [0.2, 0.25) is 0 Å². The molecule has 3 amide bonds. The van der Waals surface area contributed by atoms with Crippen LogP contribution >= 0.6 is 0 Å². The van der Waals surface area contributed by atoms with E-state index < -0.39 is 6.04 Å². The monoisotopic (exact) mass is 470 g/mol. The molecular formula is C28H30N4O3. The number of amides is 3. The molecular weight excluding hydrogens is 440 g/mol. The number of benzene rings is 2. The standard InChI is InChI=1S/C28H30N4O3/c1-20-12-15-29-25(18-20)31-28(35)23-13-16-32(17-14-23)26(33)19-24(21-8-4-2-5-9-21)30-27(34)22-10-6-3-7-11-22/h2-12,15,18,23-24H,13-14,16-17,19H2,1H3,(H,30,34)(H,29,31,35). The van der Waals surface area contributed by atoms with E-state index in [1.54, 1.807) is 23.2 Å². The number of hydrogen-bond acceptors (Lipinski definition) is 4. The summed E-state index contributed by atoms with van der Waals surface area (Å²) < 4.78 is 0. The summed E-state index contributed by atoms with van der Waals surface area (Å²) in [5.41, 5.74) is 2.46. The van der Waals surface area contributed by atoms with E-state index >= 15 is 0 Å². The lowest BCUT2D eigenvalue weighted by Crippen LogP contribution is -2.43. The molecule has 2 aromatic carbocycles. The van der Waals surface area contributed by atoms with Crippen molar-refractivity contribution >= 4 is 23.5 Å². The maximum atomic E-state index is 13.2. The minimum absolute atomic E-state index is 0.0357. The molecule has 180 valence electrons. The summed E-state index contributed by atoms with van der Waals surface area (Å²) in [6.45, 7) is 2.96. The Morgan fingerprint density at radius 1 is 0.971 bits per heavy atom. The molecule has 1 aliphatic heterocycles. The van der Waals surface area contributed by atoms with Crippen molar-refractivity contribution in [2.24, 2.45) is 5.92 Å². The molecule has 4 rings (SSSR count). The molecule has 0 bridgehead atoms. The normalized spacial score (nSPS) is 14.7. The van der Waals surface area contributed by atoms with Gasteiger partial charge in [-0.15, -0.1) is 0 Å². The highest BCUT2D eigenvalue weighted by Gasteiger charge is 2.29. The fourth-order valence-electron chi connectivity index (χ4n) is 4.30. The quantitative estimate of drug-likeness (QED) is 0.543. The highest BCUT2D eigenvalue weighted by atomic mass is 16.2. The first-order valence-corrected chi connectivity index (χ1v) is 11.9. The van der Waals surface area contributed by atoms with E-state index in [0.29, 0.717) is 37.3 Å². The van der Waals surface area contributed by atoms with Crippen LogP contribution in [0.4, 0.5) is 5.82 Å². The van der Waals surface area contributed by atoms with Crippen LogP contribution in [0.1, 0.15) is 46.8 Å². The first kappa shape index (κ1) is 24.1. The van der Waals surface area contributed by atoms with Crippen molar-refractivity contribution in [2.45, 2.75) is 32.2 Å². The average Bonchev–Trinajstić information content (AvgIpc) is 2.89. The second-order valence-electron chi connectivity index (χ2n) is 8.87. The number of pyridine rings is 1. The van der Waals surface area contributed by atoms with Crippen molar-refractivity contribution < 1.29 is 14.4 Å². The first-order chi connectivity index (χ1) is 17.0. The number of carbonyl (C=O) groups excluding carboxylic acids is 3. The van der Waals surface area contributed by atoms with Gasteiger partial charge in [-0.25, -0.2) is 4.98 Å². The van der Waals surface area contributed by atoms with Gasteiger partial charge in [-0.2, -0.15) is 0 Å². The fraction of sp³-hybridized carbons (Fsp3) is 0.286. The second kappa shape index (κ2) is 11.4. The number of carbonyl (C=O) groups is 3. The number of aromatic nitrogens is 1. The Labute approximate surface area is 205 Å². The maximum Gasteiger partial charge on any atom is 0.251 e. The Kier molecular flexibility index (Phi) is 7.88. The second-order valence-corrected chi connectivity index (χ2v) is 8.87. The van der Waals surface area contributed by atoms with Gasteiger partial charge in [-0.05, 0) is 55.2 Å². The lowest BCUT2D eigenvalue weighted by molar-refractivity contribution is -0.135. The Morgan fingerprint density at radius 2 is 1.63 bits per heavy atom. The Balaban J connectivity index is 1.35. The zero-order valence-electron chi connectivity index (χ0n) is 19.8. The van der Waals surface area contributed by atoms with Crippen LogP contribution in [-0.2, 0) is 9.59 Å². The van der Waals surface area contributed by atoms with Gasteiger partial charge < -0.3 is 15.5 Å². The summed E-state index contributed by atoms with van der Waals surface area (Å²) in [5, 5.41) is 5.91. The maximum absolute atomic E-state index is 13.2. The van der Waals surface area contributed by atoms with Crippen molar-refractivity contribution in [3.63, 3.8) is 0 Å². The smallest absolute Gasteiger partial charge is 0.251 e. The zero-order valence-corrected chi connectivity index (χ0v) is 19.8. The van der Waals surface area contributed by atoms with Gasteiger partial charge in [-0.3, -0.25) is 14.4 Å². The lowest BCUT2D eigenvalue weighted by atomic mass is 9.95. The van der Waals surface area contributed by atoms with E-state index in [4.69, 9.17) is 0 Å². The molecule has 2 heterocycles.